The number of hydrogen-bond acceptors (Lipinski definition) is 7. The van der Waals surface area contributed by atoms with Crippen molar-refractivity contribution >= 4 is 28.6 Å². The molecule has 3 heterocycles. The monoisotopic (exact) mass is 514 g/mol. The van der Waals surface area contributed by atoms with Gasteiger partial charge in [-0.3, -0.25) is 9.89 Å². The zero-order valence-corrected chi connectivity index (χ0v) is 20.7. The molecule has 192 valence electrons. The van der Waals surface area contributed by atoms with E-state index in [9.17, 15) is 13.6 Å². The molecule has 0 spiro atoms. The Labute approximate surface area is 216 Å². The number of halogens is 2. The molecule has 2 aromatic carbocycles. The standard InChI is InChI=1S/C27H24F2N8O/c1-15-11-31-26(23(34-15)27(38)37(2)14-17-5-8-21(28)22(29)9-17)32-12-16-3-6-18(7-4-16)19-10-20-24(30)35-36-25(20)33-13-19/h3-11,13H,12,14H2,1-2H3,(H,31,32)(H3,30,33,35,36). The predicted octanol–water partition coefficient (Wildman–Crippen LogP) is 4.47. The number of anilines is 2. The number of rotatable bonds is 7. The molecule has 0 fully saturated rings. The summed E-state index contributed by atoms with van der Waals surface area (Å²) in [6.07, 6.45) is 3.33. The molecule has 0 aliphatic rings. The molecular weight excluding hydrogens is 490 g/mol. The number of pyridine rings is 1. The fourth-order valence-electron chi connectivity index (χ4n) is 4.00. The molecule has 0 unspecified atom stereocenters. The molecular formula is C27H24F2N8O. The molecule has 0 atom stereocenters. The van der Waals surface area contributed by atoms with Gasteiger partial charge in [-0.2, -0.15) is 5.10 Å². The molecule has 9 nitrogen and oxygen atoms in total. The van der Waals surface area contributed by atoms with Crippen LogP contribution < -0.4 is 11.1 Å². The van der Waals surface area contributed by atoms with Crippen molar-refractivity contribution in [1.29, 1.82) is 0 Å². The molecule has 0 radical (unpaired) electrons. The maximum absolute atomic E-state index is 13.6. The number of amides is 1. The van der Waals surface area contributed by atoms with Crippen molar-refractivity contribution in [3.8, 4) is 11.1 Å². The van der Waals surface area contributed by atoms with Crippen molar-refractivity contribution in [2.24, 2.45) is 0 Å². The number of carbonyl (C=O) groups excluding carboxylic acids is 1. The van der Waals surface area contributed by atoms with Crippen molar-refractivity contribution < 1.29 is 13.6 Å². The van der Waals surface area contributed by atoms with Crippen molar-refractivity contribution in [3.63, 3.8) is 0 Å². The maximum atomic E-state index is 13.6. The van der Waals surface area contributed by atoms with Gasteiger partial charge in [0, 0.05) is 31.9 Å². The van der Waals surface area contributed by atoms with E-state index in [1.807, 2.05) is 30.3 Å². The summed E-state index contributed by atoms with van der Waals surface area (Å²) >= 11 is 0. The van der Waals surface area contributed by atoms with Crippen molar-refractivity contribution in [2.45, 2.75) is 20.0 Å². The molecule has 5 aromatic rings. The minimum absolute atomic E-state index is 0.0810. The van der Waals surface area contributed by atoms with Crippen molar-refractivity contribution in [3.05, 3.63) is 95.1 Å². The number of aromatic nitrogens is 5. The Morgan fingerprint density at radius 1 is 1.00 bits per heavy atom. The number of benzene rings is 2. The number of nitrogen functional groups attached to an aromatic ring is 1. The van der Waals surface area contributed by atoms with Gasteiger partial charge in [0.05, 0.1) is 17.3 Å². The van der Waals surface area contributed by atoms with Crippen LogP contribution in [0.1, 0.15) is 27.3 Å². The highest BCUT2D eigenvalue weighted by molar-refractivity contribution is 5.96. The van der Waals surface area contributed by atoms with Gasteiger partial charge in [0.2, 0.25) is 0 Å². The lowest BCUT2D eigenvalue weighted by atomic mass is 10.0. The van der Waals surface area contributed by atoms with Gasteiger partial charge in [0.25, 0.3) is 5.91 Å². The Hall–Kier alpha value is -4.93. The molecule has 38 heavy (non-hydrogen) atoms. The Kier molecular flexibility index (Phi) is 6.65. The summed E-state index contributed by atoms with van der Waals surface area (Å²) in [6, 6.07) is 13.3. The van der Waals surface area contributed by atoms with E-state index < -0.39 is 17.5 Å². The first-order chi connectivity index (χ1) is 18.3. The second-order valence-corrected chi connectivity index (χ2v) is 8.90. The number of aromatic amines is 1. The lowest BCUT2D eigenvalue weighted by Gasteiger charge is -2.19. The number of nitrogens with zero attached hydrogens (tertiary/aromatic N) is 5. The molecule has 4 N–H and O–H groups in total. The summed E-state index contributed by atoms with van der Waals surface area (Å²) in [7, 11) is 1.57. The molecule has 3 aromatic heterocycles. The first-order valence-corrected chi connectivity index (χ1v) is 11.7. The number of aryl methyl sites for hydroxylation is 1. The highest BCUT2D eigenvalue weighted by Crippen LogP contribution is 2.25. The second kappa shape index (κ2) is 10.2. The van der Waals surface area contributed by atoms with Crippen molar-refractivity contribution in [2.75, 3.05) is 18.1 Å². The average molecular weight is 515 g/mol. The van der Waals surface area contributed by atoms with E-state index in [1.54, 1.807) is 26.4 Å². The Morgan fingerprint density at radius 3 is 2.53 bits per heavy atom. The minimum atomic E-state index is -0.963. The van der Waals surface area contributed by atoms with Crippen LogP contribution in [0.25, 0.3) is 22.2 Å². The molecule has 5 rings (SSSR count). The number of H-pyrrole nitrogens is 1. The van der Waals surface area contributed by atoms with Crippen LogP contribution in [0.5, 0.6) is 0 Å². The van der Waals surface area contributed by atoms with Crippen LogP contribution in [0.4, 0.5) is 20.4 Å². The molecule has 0 aliphatic heterocycles. The summed E-state index contributed by atoms with van der Waals surface area (Å²) in [5.41, 5.74) is 10.5. The summed E-state index contributed by atoms with van der Waals surface area (Å²) in [6.45, 7) is 2.22. The van der Waals surface area contributed by atoms with Gasteiger partial charge in [0.15, 0.2) is 34.6 Å². The van der Waals surface area contributed by atoms with E-state index >= 15 is 0 Å². The third kappa shape index (κ3) is 5.12. The first kappa shape index (κ1) is 24.8. The predicted molar refractivity (Wildman–Crippen MR) is 140 cm³/mol. The topological polar surface area (TPSA) is 126 Å². The third-order valence-electron chi connectivity index (χ3n) is 6.04. The lowest BCUT2D eigenvalue weighted by molar-refractivity contribution is 0.0779. The summed E-state index contributed by atoms with van der Waals surface area (Å²) < 4.78 is 26.9. The smallest absolute Gasteiger partial charge is 0.276 e. The van der Waals surface area contributed by atoms with Crippen LogP contribution in [0, 0.1) is 18.6 Å². The fourth-order valence-corrected chi connectivity index (χ4v) is 4.00. The number of nitrogens with one attached hydrogen (secondary N) is 2. The average Bonchev–Trinajstić information content (AvgIpc) is 3.29. The minimum Gasteiger partial charge on any atom is -0.382 e. The van der Waals surface area contributed by atoms with Gasteiger partial charge in [-0.25, -0.2) is 23.7 Å². The number of fused-ring (bicyclic) bond motifs is 1. The van der Waals surface area contributed by atoms with Gasteiger partial charge in [-0.15, -0.1) is 0 Å². The molecule has 11 heteroatoms. The Balaban J connectivity index is 1.29. The van der Waals surface area contributed by atoms with E-state index in [2.05, 4.69) is 30.5 Å². The molecule has 0 bridgehead atoms. The van der Waals surface area contributed by atoms with Crippen molar-refractivity contribution in [1.82, 2.24) is 30.0 Å². The molecule has 0 aliphatic carbocycles. The van der Waals surface area contributed by atoms with E-state index in [0.717, 1.165) is 34.2 Å². The molecule has 0 saturated carbocycles. The quantitative estimate of drug-likeness (QED) is 0.293. The van der Waals surface area contributed by atoms with E-state index in [0.29, 0.717) is 35.1 Å². The van der Waals surface area contributed by atoms with Gasteiger partial charge >= 0.3 is 0 Å². The Bertz CT molecular complexity index is 1630. The van der Waals surface area contributed by atoms with Crippen LogP contribution in [0.3, 0.4) is 0 Å². The van der Waals surface area contributed by atoms with Gasteiger partial charge in [0.1, 0.15) is 0 Å². The van der Waals surface area contributed by atoms with Crippen LogP contribution in [-0.4, -0.2) is 43.0 Å². The number of nitrogens with two attached hydrogens (primary N) is 1. The van der Waals surface area contributed by atoms with Crippen LogP contribution >= 0.6 is 0 Å². The normalized spacial score (nSPS) is 11.1. The van der Waals surface area contributed by atoms with Gasteiger partial charge < -0.3 is 16.0 Å². The van der Waals surface area contributed by atoms with E-state index in [4.69, 9.17) is 5.73 Å². The van der Waals surface area contributed by atoms with E-state index in [1.165, 1.54) is 11.0 Å². The first-order valence-electron chi connectivity index (χ1n) is 11.7. The highest BCUT2D eigenvalue weighted by atomic mass is 19.2. The summed E-state index contributed by atoms with van der Waals surface area (Å²) in [5, 5.41) is 10.7. The summed E-state index contributed by atoms with van der Waals surface area (Å²) in [5.74, 6) is -1.58. The highest BCUT2D eigenvalue weighted by Gasteiger charge is 2.20. The maximum Gasteiger partial charge on any atom is 0.276 e. The second-order valence-electron chi connectivity index (χ2n) is 8.90. The van der Waals surface area contributed by atoms with Gasteiger partial charge in [-0.1, -0.05) is 30.3 Å². The lowest BCUT2D eigenvalue weighted by Crippen LogP contribution is -2.28. The van der Waals surface area contributed by atoms with E-state index in [-0.39, 0.29) is 12.2 Å². The van der Waals surface area contributed by atoms with Crippen LogP contribution in [-0.2, 0) is 13.1 Å². The number of hydrogen-bond donors (Lipinski definition) is 3. The SMILES string of the molecule is Cc1cnc(NCc2ccc(-c3cnc4[nH]nc(N)c4c3)cc2)c(C(=O)N(C)Cc2ccc(F)c(F)c2)n1. The zero-order chi connectivity index (χ0) is 26.8. The fraction of sp³-hybridized carbons (Fsp3) is 0.148. The molecule has 0 saturated heterocycles. The third-order valence-corrected chi connectivity index (χ3v) is 6.04. The largest absolute Gasteiger partial charge is 0.382 e. The van der Waals surface area contributed by atoms with Crippen LogP contribution in [0.15, 0.2) is 60.9 Å². The van der Waals surface area contributed by atoms with Gasteiger partial charge in [-0.05, 0) is 41.8 Å². The molecule has 1 amide bonds. The zero-order valence-electron chi connectivity index (χ0n) is 20.7. The summed E-state index contributed by atoms with van der Waals surface area (Å²) in [4.78, 5) is 27.7. The van der Waals surface area contributed by atoms with Crippen LogP contribution in [0.2, 0.25) is 0 Å². The Morgan fingerprint density at radius 2 is 1.76 bits per heavy atom. The number of carbonyl (C=O) groups is 1.